The molecular formula is C12H13N3O3. The Kier molecular flexibility index (Phi) is 3.01. The van der Waals surface area contributed by atoms with E-state index in [-0.39, 0.29) is 11.1 Å². The SMILES string of the molecule is CCn1c(=O)[nH]c(-c2cc[nH]c(=O)c2)c(C)c1=O. The maximum Gasteiger partial charge on any atom is 0.328 e. The van der Waals surface area contributed by atoms with Gasteiger partial charge in [0, 0.05) is 29.9 Å². The Morgan fingerprint density at radius 3 is 2.61 bits per heavy atom. The molecule has 0 fully saturated rings. The zero-order chi connectivity index (χ0) is 13.3. The number of aromatic nitrogens is 3. The minimum absolute atomic E-state index is 0.285. The molecule has 2 heterocycles. The smallest absolute Gasteiger partial charge is 0.328 e. The first-order chi connectivity index (χ1) is 8.54. The van der Waals surface area contributed by atoms with Gasteiger partial charge in [-0.25, -0.2) is 4.79 Å². The molecule has 0 atom stereocenters. The molecule has 6 nitrogen and oxygen atoms in total. The molecule has 6 heteroatoms. The molecule has 2 aromatic rings. The maximum atomic E-state index is 12.0. The topological polar surface area (TPSA) is 87.7 Å². The van der Waals surface area contributed by atoms with Gasteiger partial charge in [0.1, 0.15) is 0 Å². The van der Waals surface area contributed by atoms with E-state index in [2.05, 4.69) is 9.97 Å². The van der Waals surface area contributed by atoms with Crippen molar-refractivity contribution in [3.05, 3.63) is 55.1 Å². The number of aromatic amines is 2. The molecule has 0 spiro atoms. The van der Waals surface area contributed by atoms with Crippen LogP contribution in [0.15, 0.2) is 32.7 Å². The van der Waals surface area contributed by atoms with E-state index in [1.807, 2.05) is 0 Å². The fourth-order valence-corrected chi connectivity index (χ4v) is 1.85. The molecule has 18 heavy (non-hydrogen) atoms. The predicted octanol–water partition coefficient (Wildman–Crippen LogP) is 0.220. The van der Waals surface area contributed by atoms with Crippen LogP contribution in [0.5, 0.6) is 0 Å². The van der Waals surface area contributed by atoms with Crippen molar-refractivity contribution in [3.63, 3.8) is 0 Å². The van der Waals surface area contributed by atoms with Crippen LogP contribution in [0.2, 0.25) is 0 Å². The Morgan fingerprint density at radius 1 is 1.28 bits per heavy atom. The lowest BCUT2D eigenvalue weighted by Crippen LogP contribution is -2.36. The molecule has 2 N–H and O–H groups in total. The first kappa shape index (κ1) is 12.1. The molecular weight excluding hydrogens is 234 g/mol. The maximum absolute atomic E-state index is 12.0. The van der Waals surface area contributed by atoms with Crippen LogP contribution in [0.3, 0.4) is 0 Å². The van der Waals surface area contributed by atoms with Gasteiger partial charge >= 0.3 is 5.69 Å². The number of hydrogen-bond donors (Lipinski definition) is 2. The van der Waals surface area contributed by atoms with Crippen molar-refractivity contribution >= 4 is 0 Å². The Bertz CT molecular complexity index is 752. The number of rotatable bonds is 2. The third kappa shape index (κ3) is 1.92. The van der Waals surface area contributed by atoms with Gasteiger partial charge in [0.05, 0.1) is 5.69 Å². The molecule has 0 radical (unpaired) electrons. The quantitative estimate of drug-likeness (QED) is 0.795. The highest BCUT2D eigenvalue weighted by molar-refractivity contribution is 5.61. The number of H-pyrrole nitrogens is 2. The molecule has 0 saturated carbocycles. The van der Waals surface area contributed by atoms with Crippen LogP contribution in [0.25, 0.3) is 11.3 Å². The normalized spacial score (nSPS) is 10.6. The van der Waals surface area contributed by atoms with Gasteiger partial charge < -0.3 is 9.97 Å². The summed E-state index contributed by atoms with van der Waals surface area (Å²) in [5.74, 6) is 0. The van der Waals surface area contributed by atoms with Crippen LogP contribution >= 0.6 is 0 Å². The van der Waals surface area contributed by atoms with Crippen LogP contribution < -0.4 is 16.8 Å². The van der Waals surface area contributed by atoms with Crippen LogP contribution in [-0.2, 0) is 6.54 Å². The zero-order valence-electron chi connectivity index (χ0n) is 10.1. The van der Waals surface area contributed by atoms with Gasteiger partial charge in [-0.15, -0.1) is 0 Å². The lowest BCUT2D eigenvalue weighted by Gasteiger charge is -2.08. The molecule has 2 rings (SSSR count). The monoisotopic (exact) mass is 247 g/mol. The summed E-state index contributed by atoms with van der Waals surface area (Å²) in [6, 6.07) is 2.98. The predicted molar refractivity (Wildman–Crippen MR) is 67.8 cm³/mol. The molecule has 0 aliphatic carbocycles. The first-order valence-corrected chi connectivity index (χ1v) is 5.57. The molecule has 2 aromatic heterocycles. The summed E-state index contributed by atoms with van der Waals surface area (Å²) in [6.45, 7) is 3.66. The van der Waals surface area contributed by atoms with E-state index in [1.165, 1.54) is 12.3 Å². The highest BCUT2D eigenvalue weighted by Gasteiger charge is 2.10. The van der Waals surface area contributed by atoms with Gasteiger partial charge in [-0.1, -0.05) is 0 Å². The zero-order valence-corrected chi connectivity index (χ0v) is 10.1. The third-order valence-corrected chi connectivity index (χ3v) is 2.80. The summed E-state index contributed by atoms with van der Waals surface area (Å²) >= 11 is 0. The largest absolute Gasteiger partial charge is 0.329 e. The van der Waals surface area contributed by atoms with Gasteiger partial charge in [-0.05, 0) is 19.9 Å². The Morgan fingerprint density at radius 2 is 2.00 bits per heavy atom. The number of hydrogen-bond acceptors (Lipinski definition) is 3. The molecule has 0 amide bonds. The standard InChI is InChI=1S/C12H13N3O3/c1-3-15-11(17)7(2)10(14-12(15)18)8-4-5-13-9(16)6-8/h4-6H,3H2,1-2H3,(H,13,16)(H,14,18). The lowest BCUT2D eigenvalue weighted by atomic mass is 10.1. The summed E-state index contributed by atoms with van der Waals surface area (Å²) in [7, 11) is 0. The van der Waals surface area contributed by atoms with Crippen molar-refractivity contribution in [3.8, 4) is 11.3 Å². The number of nitrogens with one attached hydrogen (secondary N) is 2. The molecule has 0 aliphatic heterocycles. The van der Waals surface area contributed by atoms with Gasteiger partial charge in [-0.3, -0.25) is 14.2 Å². The molecule has 94 valence electrons. The van der Waals surface area contributed by atoms with Crippen molar-refractivity contribution in [2.75, 3.05) is 0 Å². The second-order valence-corrected chi connectivity index (χ2v) is 3.92. The van der Waals surface area contributed by atoms with Crippen LogP contribution in [-0.4, -0.2) is 14.5 Å². The van der Waals surface area contributed by atoms with E-state index in [0.717, 1.165) is 4.57 Å². The summed E-state index contributed by atoms with van der Waals surface area (Å²) in [5.41, 5.74) is 0.240. The van der Waals surface area contributed by atoms with E-state index >= 15 is 0 Å². The van der Waals surface area contributed by atoms with Gasteiger partial charge in [0.25, 0.3) is 5.56 Å². The van der Waals surface area contributed by atoms with E-state index in [9.17, 15) is 14.4 Å². The van der Waals surface area contributed by atoms with E-state index in [4.69, 9.17) is 0 Å². The van der Waals surface area contributed by atoms with Crippen LogP contribution in [0.4, 0.5) is 0 Å². The van der Waals surface area contributed by atoms with Crippen molar-refractivity contribution in [2.45, 2.75) is 20.4 Å². The van der Waals surface area contributed by atoms with E-state index in [1.54, 1.807) is 19.9 Å². The molecule has 0 unspecified atom stereocenters. The average molecular weight is 247 g/mol. The Labute approximate surface area is 102 Å². The minimum atomic E-state index is -0.469. The first-order valence-electron chi connectivity index (χ1n) is 5.57. The Hall–Kier alpha value is -2.37. The van der Waals surface area contributed by atoms with Crippen molar-refractivity contribution in [1.29, 1.82) is 0 Å². The lowest BCUT2D eigenvalue weighted by molar-refractivity contribution is 0.668. The fraction of sp³-hybridized carbons (Fsp3) is 0.250. The van der Waals surface area contributed by atoms with Crippen LogP contribution in [0.1, 0.15) is 12.5 Å². The third-order valence-electron chi connectivity index (χ3n) is 2.80. The summed E-state index contributed by atoms with van der Waals surface area (Å²) < 4.78 is 1.12. The fourth-order valence-electron chi connectivity index (χ4n) is 1.85. The summed E-state index contributed by atoms with van der Waals surface area (Å²) in [5, 5.41) is 0. The second kappa shape index (κ2) is 4.48. The van der Waals surface area contributed by atoms with Gasteiger partial charge in [0.15, 0.2) is 0 Å². The van der Waals surface area contributed by atoms with Gasteiger partial charge in [0.2, 0.25) is 5.56 Å². The molecule has 0 bridgehead atoms. The van der Waals surface area contributed by atoms with E-state index in [0.29, 0.717) is 23.4 Å². The Balaban J connectivity index is 2.79. The van der Waals surface area contributed by atoms with Gasteiger partial charge in [-0.2, -0.15) is 0 Å². The van der Waals surface area contributed by atoms with Crippen molar-refractivity contribution in [2.24, 2.45) is 0 Å². The minimum Gasteiger partial charge on any atom is -0.329 e. The van der Waals surface area contributed by atoms with E-state index < -0.39 is 5.69 Å². The highest BCUT2D eigenvalue weighted by Crippen LogP contribution is 2.14. The molecule has 0 aliphatic rings. The van der Waals surface area contributed by atoms with Crippen molar-refractivity contribution in [1.82, 2.24) is 14.5 Å². The van der Waals surface area contributed by atoms with Crippen molar-refractivity contribution < 1.29 is 0 Å². The molecule has 0 aromatic carbocycles. The van der Waals surface area contributed by atoms with Crippen LogP contribution in [0, 0.1) is 6.92 Å². The second-order valence-electron chi connectivity index (χ2n) is 3.92. The summed E-state index contributed by atoms with van der Waals surface area (Å²) in [4.78, 5) is 40.0. The highest BCUT2D eigenvalue weighted by atomic mass is 16.2. The number of pyridine rings is 1. The average Bonchev–Trinajstić information content (AvgIpc) is 2.34. The molecule has 0 saturated heterocycles. The number of nitrogens with zero attached hydrogens (tertiary/aromatic N) is 1. The summed E-state index contributed by atoms with van der Waals surface area (Å²) in [6.07, 6.45) is 1.47.